The SMILES string of the molecule is CO.CO.COc1cccc(C=NCC(C)(C)CN=Cc2cccc(OC)c2[O-])c1[O-].COc1cccc(C=NCC(C)(C)CN=Cc2cccc(OC)c2[O-])c1[O-].[Cu+2].[Cu+2].[N-]=[N+]=[N-].[N-]=[N+]=[N-].[N-]=[N+]=[N-].[N-]=[N+]=[N-].[N-]=[N+]=[N-].[N-]=[N+]=[N-].[Yb+3].[Yb+3]. The van der Waals surface area contributed by atoms with Crippen LogP contribution in [0.3, 0.4) is 0 Å². The fourth-order valence-corrected chi connectivity index (χ4v) is 4.85. The zero-order valence-corrected chi connectivity index (χ0v) is 49.5. The Hall–Kier alpha value is -6.18. The van der Waals surface area contributed by atoms with E-state index in [1.165, 1.54) is 57.9 Å². The van der Waals surface area contributed by atoms with E-state index < -0.39 is 0 Å². The van der Waals surface area contributed by atoms with Gasteiger partial charge in [-0.05, 0) is 46.5 Å². The molecule has 4 aromatic rings. The molecule has 0 spiro atoms. The Labute approximate surface area is 560 Å². The van der Waals surface area contributed by atoms with Crippen molar-refractivity contribution in [3.05, 3.63) is 191 Å². The molecule has 0 aliphatic carbocycles. The van der Waals surface area contributed by atoms with E-state index in [2.05, 4.69) is 20.0 Å². The summed E-state index contributed by atoms with van der Waals surface area (Å²) >= 11 is 0. The van der Waals surface area contributed by atoms with Crippen molar-refractivity contribution >= 4 is 24.9 Å². The number of benzene rings is 4. The number of para-hydroxylation sites is 4. The third kappa shape index (κ3) is 48.9. The van der Waals surface area contributed by atoms with Crippen molar-refractivity contribution in [1.29, 1.82) is 0 Å². The summed E-state index contributed by atoms with van der Waals surface area (Å²) in [5.74, 6) is 0.482. The Kier molecular flexibility index (Phi) is 78.5. The number of aliphatic hydroxyl groups excluding tert-OH is 2. The van der Waals surface area contributed by atoms with Crippen molar-refractivity contribution in [2.75, 3.05) is 68.8 Å². The molecule has 0 heterocycles. The summed E-state index contributed by atoms with van der Waals surface area (Å²) < 4.78 is 20.1. The van der Waals surface area contributed by atoms with Crippen molar-refractivity contribution in [3.8, 4) is 46.0 Å². The second-order valence-corrected chi connectivity index (χ2v) is 14.3. The summed E-state index contributed by atoms with van der Waals surface area (Å²) in [7, 11) is 7.87. The van der Waals surface area contributed by atoms with Crippen LogP contribution in [0.4, 0.5) is 0 Å². The number of hydrogen-bond donors (Lipinski definition) is 2. The number of hydrogen-bond acceptors (Lipinski definition) is 14. The molecule has 2 N–H and O–H groups in total. The quantitative estimate of drug-likeness (QED) is 0.0352. The first-order valence-corrected chi connectivity index (χ1v) is 20.4. The minimum Gasteiger partial charge on any atom is -0.870 e. The summed E-state index contributed by atoms with van der Waals surface area (Å²) in [5.41, 5.74) is 82.5. The molecule has 0 atom stereocenters. The van der Waals surface area contributed by atoms with E-state index in [1.54, 1.807) is 97.7 Å². The van der Waals surface area contributed by atoms with E-state index in [1.807, 2.05) is 27.7 Å². The maximum Gasteiger partial charge on any atom is 3.00 e. The summed E-state index contributed by atoms with van der Waals surface area (Å²) in [6, 6.07) is 20.4. The van der Waals surface area contributed by atoms with Crippen LogP contribution in [0.1, 0.15) is 49.9 Å². The van der Waals surface area contributed by atoms with Gasteiger partial charge in [0, 0.05) is 76.1 Å². The van der Waals surface area contributed by atoms with Gasteiger partial charge < -0.3 is 116 Å². The van der Waals surface area contributed by atoms with Crippen molar-refractivity contribution in [3.63, 3.8) is 0 Å². The Morgan fingerprint density at radius 1 is 0.375 bits per heavy atom. The molecule has 4 radical (unpaired) electrons. The smallest absolute Gasteiger partial charge is 0.870 e. The average Bonchev–Trinajstić information content (AvgIpc) is 3.39. The van der Waals surface area contributed by atoms with Crippen LogP contribution in [-0.4, -0.2) is 104 Å². The van der Waals surface area contributed by atoms with Crippen molar-refractivity contribution in [2.24, 2.45) is 30.8 Å². The molecule has 4 aromatic carbocycles. The van der Waals surface area contributed by atoms with Gasteiger partial charge in [-0.15, -0.1) is 0 Å². The van der Waals surface area contributed by atoms with Gasteiger partial charge in [-0.2, -0.15) is 0 Å². The second kappa shape index (κ2) is 65.3. The number of ether oxygens (including phenoxy) is 4. The fraction of sp³-hybridized carbons (Fsp3) is 0.364. The van der Waals surface area contributed by atoms with Crippen molar-refractivity contribution < 1.29 is 178 Å². The predicted octanol–water partition coefficient (Wildman–Crippen LogP) is 9.24. The van der Waals surface area contributed by atoms with E-state index in [0.717, 1.165) is 14.2 Å². The number of aliphatic imine (C=N–C) groups is 4. The van der Waals surface area contributed by atoms with E-state index in [0.29, 0.717) is 71.4 Å². The van der Waals surface area contributed by atoms with Crippen molar-refractivity contribution in [1.82, 2.24) is 0 Å². The van der Waals surface area contributed by atoms with Gasteiger partial charge in [-0.3, -0.25) is 49.4 Å². The summed E-state index contributed by atoms with van der Waals surface area (Å²) in [6.07, 6.45) is 6.25. The first-order valence-electron chi connectivity index (χ1n) is 20.4. The minimum absolute atomic E-state index is 0. The van der Waals surface area contributed by atoms with Crippen LogP contribution < -0.4 is 39.4 Å². The standard InChI is InChI=1S/2C21H26N2O4.2CH4O.2Cu.6N3.2Yb/c2*1-21(2,13-22-11-15-7-5-9-17(26-3)19(15)24)14-23-12-16-8-6-10-18(27-4)20(16)25;2*1-2;;;6*1-3-2;;/h2*5-12,24-25H,13-14H2,1-4H3;2*2H,1H3;;;;;;;;;;/q;;;;2*+2;6*-1;2*+3/p-4. The Morgan fingerprint density at radius 3 is 0.637 bits per heavy atom. The molecule has 452 valence electrons. The molecule has 0 saturated heterocycles. The van der Waals surface area contributed by atoms with Crippen LogP contribution in [0.2, 0.25) is 0 Å². The molecule has 80 heavy (non-hydrogen) atoms. The van der Waals surface area contributed by atoms with Gasteiger partial charge in [0.05, 0.1) is 28.4 Å². The summed E-state index contributed by atoms with van der Waals surface area (Å²) in [4.78, 5) is 26.5. The third-order valence-electron chi connectivity index (χ3n) is 7.92. The van der Waals surface area contributed by atoms with Crippen LogP contribution in [0, 0.1) is 105 Å². The van der Waals surface area contributed by atoms with Crippen LogP contribution >= 0.6 is 0 Å². The summed E-state index contributed by atoms with van der Waals surface area (Å²) in [5, 5.41) is 62.4. The van der Waals surface area contributed by atoms with Crippen LogP contribution in [-0.2, 0) is 34.1 Å². The van der Waals surface area contributed by atoms with Crippen LogP contribution in [0.15, 0.2) is 92.8 Å². The molecule has 0 amide bonds. The molecule has 32 nitrogen and oxygen atoms in total. The maximum atomic E-state index is 12.1. The largest absolute Gasteiger partial charge is 3.00 e. The van der Waals surface area contributed by atoms with E-state index in [-0.39, 0.29) is 162 Å². The summed E-state index contributed by atoms with van der Waals surface area (Å²) in [6.45, 7) is 10.0. The van der Waals surface area contributed by atoms with E-state index in [4.69, 9.17) is 95.5 Å². The monoisotopic (exact) mass is 1530 g/mol. The average molecular weight is 1530 g/mol. The number of aliphatic hydroxyl groups is 2. The predicted molar refractivity (Wildman–Crippen MR) is 284 cm³/mol. The Balaban J connectivity index is -0.000000108. The van der Waals surface area contributed by atoms with Gasteiger partial charge in [0.15, 0.2) is 0 Å². The zero-order valence-electron chi connectivity index (χ0n) is 44.2. The van der Waals surface area contributed by atoms with Gasteiger partial charge in [-0.25, -0.2) is 0 Å². The normalized spacial score (nSPS) is 8.85. The Bertz CT molecular complexity index is 2220. The van der Waals surface area contributed by atoms with Crippen LogP contribution in [0.25, 0.3) is 95.8 Å². The first-order chi connectivity index (χ1) is 36.2. The Morgan fingerprint density at radius 2 is 0.512 bits per heavy atom. The molecule has 0 fully saturated rings. The molecule has 0 aliphatic heterocycles. The fourth-order valence-electron chi connectivity index (χ4n) is 4.85. The van der Waals surface area contributed by atoms with Gasteiger partial charge in [0.1, 0.15) is 23.0 Å². The molecule has 0 saturated carbocycles. The molecule has 4 rings (SSSR count). The zero-order chi connectivity index (χ0) is 60.0. The molecule has 0 aromatic heterocycles. The topological polar surface area (TPSA) is 571 Å². The van der Waals surface area contributed by atoms with Crippen LogP contribution in [0.5, 0.6) is 46.0 Å². The maximum absolute atomic E-state index is 12.1. The first kappa shape index (κ1) is 96.1. The second-order valence-electron chi connectivity index (χ2n) is 14.3. The van der Waals surface area contributed by atoms with Crippen molar-refractivity contribution in [2.45, 2.75) is 27.7 Å². The molecule has 0 aliphatic rings. The number of rotatable bonds is 16. The molecule has 0 bridgehead atoms. The minimum atomic E-state index is -0.225. The molecule has 36 heteroatoms. The van der Waals surface area contributed by atoms with E-state index in [9.17, 15) is 20.4 Å². The molecule has 0 unspecified atom stereocenters. The molecular weight excluding hydrogens is 1470 g/mol. The third-order valence-corrected chi connectivity index (χ3v) is 7.92. The van der Waals surface area contributed by atoms with E-state index >= 15 is 0 Å². The van der Waals surface area contributed by atoms with Gasteiger partial charge >= 0.3 is 128 Å². The number of nitrogens with zero attached hydrogens (tertiary/aromatic N) is 22. The van der Waals surface area contributed by atoms with Gasteiger partial charge in [-0.1, -0.05) is 99.2 Å². The van der Waals surface area contributed by atoms with Gasteiger partial charge in [0.2, 0.25) is 0 Å². The molecular formula is C44H56Cu2N22O10Yb2. The number of methoxy groups -OCH3 is 4. The van der Waals surface area contributed by atoms with Gasteiger partial charge in [0.25, 0.3) is 0 Å².